The summed E-state index contributed by atoms with van der Waals surface area (Å²) in [6, 6.07) is 1.61. The number of hydrogen-bond donors (Lipinski definition) is 1. The second-order valence-corrected chi connectivity index (χ2v) is 8.25. The summed E-state index contributed by atoms with van der Waals surface area (Å²) in [5, 5.41) is 2.98. The van der Waals surface area contributed by atoms with Crippen molar-refractivity contribution in [3.05, 3.63) is 30.0 Å². The Hall–Kier alpha value is -2.46. The molecule has 2 aromatic heterocycles. The third-order valence-corrected chi connectivity index (χ3v) is 5.77. The molecule has 8 nitrogen and oxygen atoms in total. The smallest absolute Gasteiger partial charge is 0.345 e. The van der Waals surface area contributed by atoms with E-state index < -0.39 is 12.7 Å². The molecule has 1 amide bonds. The van der Waals surface area contributed by atoms with Crippen LogP contribution in [0.15, 0.2) is 18.6 Å². The van der Waals surface area contributed by atoms with Gasteiger partial charge in [0.15, 0.2) is 5.82 Å². The summed E-state index contributed by atoms with van der Waals surface area (Å²) in [4.78, 5) is 26.2. The van der Waals surface area contributed by atoms with Gasteiger partial charge in [0.25, 0.3) is 5.91 Å². The summed E-state index contributed by atoms with van der Waals surface area (Å²) >= 11 is 0. The number of ether oxygens (including phenoxy) is 2. The van der Waals surface area contributed by atoms with E-state index in [1.807, 2.05) is 14.0 Å². The molecule has 2 aromatic rings. The first-order valence-electron chi connectivity index (χ1n) is 10.0. The van der Waals surface area contributed by atoms with Crippen LogP contribution in [0.5, 0.6) is 0 Å². The molecule has 1 aliphatic heterocycles. The Balaban J connectivity index is 1.52. The topological polar surface area (TPSA) is 91.2 Å². The lowest BCUT2D eigenvalue weighted by Gasteiger charge is -2.37. The molecule has 1 aliphatic carbocycles. The van der Waals surface area contributed by atoms with E-state index in [4.69, 9.17) is 4.74 Å². The zero-order valence-corrected chi connectivity index (χ0v) is 17.0. The highest BCUT2D eigenvalue weighted by atomic mass is 19.3. The molecule has 10 heteroatoms. The molecule has 1 N–H and O–H groups in total. The number of alkyl halides is 2. The summed E-state index contributed by atoms with van der Waals surface area (Å²) in [6.45, 7) is 0.342. The molecule has 2 fully saturated rings. The van der Waals surface area contributed by atoms with Crippen LogP contribution in [0.3, 0.4) is 0 Å². The lowest BCUT2D eigenvalue weighted by Crippen LogP contribution is -2.45. The van der Waals surface area contributed by atoms with E-state index in [-0.39, 0.29) is 23.1 Å². The fourth-order valence-electron chi connectivity index (χ4n) is 3.86. The van der Waals surface area contributed by atoms with Crippen LogP contribution in [0.2, 0.25) is 0 Å². The van der Waals surface area contributed by atoms with Crippen molar-refractivity contribution in [3.63, 3.8) is 0 Å². The van der Waals surface area contributed by atoms with Gasteiger partial charge in [0.1, 0.15) is 11.4 Å². The van der Waals surface area contributed by atoms with E-state index in [1.165, 1.54) is 0 Å². The second kappa shape index (κ2) is 8.35. The van der Waals surface area contributed by atoms with Gasteiger partial charge in [0, 0.05) is 13.1 Å². The average molecular weight is 421 g/mol. The van der Waals surface area contributed by atoms with Crippen molar-refractivity contribution in [1.29, 1.82) is 0 Å². The molecule has 0 unspecified atom stereocenters. The molecule has 1 saturated carbocycles. The maximum absolute atomic E-state index is 13.0. The second-order valence-electron chi connectivity index (χ2n) is 8.25. The molecule has 30 heavy (non-hydrogen) atoms. The molecule has 0 aromatic carbocycles. The van der Waals surface area contributed by atoms with Crippen molar-refractivity contribution >= 4 is 5.91 Å². The largest absolute Gasteiger partial charge is 0.379 e. The minimum Gasteiger partial charge on any atom is -0.379 e. The number of aryl methyl sites for hydroxylation is 1. The molecule has 3 heterocycles. The Bertz CT molecular complexity index is 908. The number of hydrogen-bond acceptors (Lipinski definition) is 6. The summed E-state index contributed by atoms with van der Waals surface area (Å²) < 4.78 is 36.5. The number of amides is 1. The third kappa shape index (κ3) is 4.34. The molecular weight excluding hydrogens is 396 g/mol. The minimum absolute atomic E-state index is 0.101. The van der Waals surface area contributed by atoms with E-state index >= 15 is 0 Å². The number of imidazole rings is 1. The fraction of sp³-hybridized carbons (Fsp3) is 0.600. The molecule has 0 bridgehead atoms. The monoisotopic (exact) mass is 421 g/mol. The fourth-order valence-corrected chi connectivity index (χ4v) is 3.86. The molecule has 0 spiro atoms. The van der Waals surface area contributed by atoms with Crippen LogP contribution in [-0.4, -0.2) is 57.4 Å². The van der Waals surface area contributed by atoms with Crippen LogP contribution < -0.4 is 5.32 Å². The molecule has 0 radical (unpaired) electrons. The zero-order valence-electron chi connectivity index (χ0n) is 17.0. The number of aromatic nitrogens is 4. The van der Waals surface area contributed by atoms with Gasteiger partial charge in [-0.05, 0) is 38.7 Å². The minimum atomic E-state index is -2.76. The highest BCUT2D eigenvalue weighted by Crippen LogP contribution is 2.32. The van der Waals surface area contributed by atoms with Gasteiger partial charge < -0.3 is 19.4 Å². The van der Waals surface area contributed by atoms with Gasteiger partial charge in [-0.2, -0.15) is 8.78 Å². The first-order valence-corrected chi connectivity index (χ1v) is 10.0. The lowest BCUT2D eigenvalue weighted by molar-refractivity contribution is -0.170. The van der Waals surface area contributed by atoms with E-state index in [0.717, 1.165) is 5.69 Å². The summed E-state index contributed by atoms with van der Waals surface area (Å²) in [7, 11) is 1.84. The Labute approximate surface area is 173 Å². The highest BCUT2D eigenvalue weighted by molar-refractivity contribution is 5.93. The number of carbonyl (C=O) groups excluding carboxylic acids is 1. The first kappa shape index (κ1) is 20.8. The Morgan fingerprint density at radius 3 is 2.60 bits per heavy atom. The average Bonchev–Trinajstić information content (AvgIpc) is 3.13. The van der Waals surface area contributed by atoms with Crippen molar-refractivity contribution in [2.45, 2.75) is 56.8 Å². The zero-order chi connectivity index (χ0) is 21.3. The van der Waals surface area contributed by atoms with Gasteiger partial charge in [-0.1, -0.05) is 0 Å². The van der Waals surface area contributed by atoms with Gasteiger partial charge >= 0.3 is 6.61 Å². The standard InChI is InChI=1S/C20H25F2N5O3/c1-20(9-29-10-20)16-7-14(25-17(26-16)15-8-23-11-27(15)2)18(28)24-12-3-5-13(6-4-12)30-19(21)22/h7-8,11-13,19H,3-6,9-10H2,1-2H3,(H,24,28)/t12-,13-. The van der Waals surface area contributed by atoms with Crippen LogP contribution in [-0.2, 0) is 21.9 Å². The Morgan fingerprint density at radius 2 is 2.03 bits per heavy atom. The van der Waals surface area contributed by atoms with Crippen LogP contribution in [0, 0.1) is 0 Å². The maximum atomic E-state index is 13.0. The number of carbonyl (C=O) groups is 1. The normalized spacial score (nSPS) is 23.2. The summed E-state index contributed by atoms with van der Waals surface area (Å²) in [5.41, 5.74) is 1.46. The van der Waals surface area contributed by atoms with E-state index in [0.29, 0.717) is 50.4 Å². The Kier molecular flexibility index (Phi) is 5.79. The summed E-state index contributed by atoms with van der Waals surface area (Å²) in [6.07, 6.45) is 4.99. The van der Waals surface area contributed by atoms with Gasteiger partial charge in [-0.25, -0.2) is 15.0 Å². The first-order chi connectivity index (χ1) is 14.3. The highest BCUT2D eigenvalue weighted by Gasteiger charge is 2.38. The van der Waals surface area contributed by atoms with E-state index in [2.05, 4.69) is 25.0 Å². The quantitative estimate of drug-likeness (QED) is 0.771. The van der Waals surface area contributed by atoms with Gasteiger partial charge in [0.05, 0.1) is 43.0 Å². The predicted octanol–water partition coefficient (Wildman–Crippen LogP) is 2.45. The number of nitrogens with zero attached hydrogens (tertiary/aromatic N) is 4. The summed E-state index contributed by atoms with van der Waals surface area (Å²) in [5.74, 6) is 0.129. The Morgan fingerprint density at radius 1 is 1.30 bits per heavy atom. The number of rotatable bonds is 6. The molecule has 162 valence electrons. The van der Waals surface area contributed by atoms with Crippen molar-refractivity contribution in [1.82, 2.24) is 24.8 Å². The molecule has 4 rings (SSSR count). The predicted molar refractivity (Wildman–Crippen MR) is 103 cm³/mol. The van der Waals surface area contributed by atoms with Crippen molar-refractivity contribution in [3.8, 4) is 11.5 Å². The molecule has 0 atom stereocenters. The van der Waals surface area contributed by atoms with E-state index in [9.17, 15) is 13.6 Å². The van der Waals surface area contributed by atoms with Crippen LogP contribution in [0.25, 0.3) is 11.5 Å². The van der Waals surface area contributed by atoms with Crippen molar-refractivity contribution in [2.24, 2.45) is 7.05 Å². The molecular formula is C20H25F2N5O3. The van der Waals surface area contributed by atoms with Gasteiger partial charge in [0.2, 0.25) is 0 Å². The third-order valence-electron chi connectivity index (χ3n) is 5.77. The van der Waals surface area contributed by atoms with Crippen LogP contribution in [0.4, 0.5) is 8.78 Å². The SMILES string of the molecule is Cn1cncc1-c1nc(C(=O)N[C@H]2CC[C@H](OC(F)F)CC2)cc(C2(C)COC2)n1. The lowest BCUT2D eigenvalue weighted by atomic mass is 9.84. The molecule has 1 saturated heterocycles. The van der Waals surface area contributed by atoms with Gasteiger partial charge in [-0.15, -0.1) is 0 Å². The van der Waals surface area contributed by atoms with Crippen molar-refractivity contribution < 1.29 is 23.0 Å². The number of halogens is 2. The van der Waals surface area contributed by atoms with Crippen molar-refractivity contribution in [2.75, 3.05) is 13.2 Å². The van der Waals surface area contributed by atoms with Gasteiger partial charge in [-0.3, -0.25) is 4.79 Å². The number of nitrogens with one attached hydrogen (secondary N) is 1. The van der Waals surface area contributed by atoms with E-state index in [1.54, 1.807) is 23.2 Å². The van der Waals surface area contributed by atoms with Crippen LogP contribution in [0.1, 0.15) is 48.8 Å². The van der Waals surface area contributed by atoms with Crippen LogP contribution >= 0.6 is 0 Å². The maximum Gasteiger partial charge on any atom is 0.345 e. The molecule has 2 aliphatic rings.